The molecule has 1 aromatic carbocycles. The Morgan fingerprint density at radius 2 is 1.59 bits per heavy atom. The highest BCUT2D eigenvalue weighted by Gasteiger charge is 2.06. The lowest BCUT2D eigenvalue weighted by atomic mass is 9.91. The third-order valence-electron chi connectivity index (χ3n) is 3.71. The van der Waals surface area contributed by atoms with Gasteiger partial charge in [0.15, 0.2) is 0 Å². The van der Waals surface area contributed by atoms with Gasteiger partial charge in [0.1, 0.15) is 0 Å². The molecule has 1 unspecified atom stereocenters. The topological polar surface area (TPSA) is 0 Å². The molecule has 0 spiro atoms. The number of hydrogen-bond donors (Lipinski definition) is 0. The van der Waals surface area contributed by atoms with E-state index in [1.165, 1.54) is 50.5 Å². The minimum atomic E-state index is 0.724. The van der Waals surface area contributed by atoms with Gasteiger partial charge < -0.3 is 0 Å². The zero-order valence-corrected chi connectivity index (χ0v) is 11.8. The lowest BCUT2D eigenvalue weighted by Gasteiger charge is -2.14. The summed E-state index contributed by atoms with van der Waals surface area (Å²) in [4.78, 5) is 0. The SMILES string of the molecule is CCCCCCCCC(C)c1ccccc1C. The highest BCUT2D eigenvalue weighted by Crippen LogP contribution is 2.24. The van der Waals surface area contributed by atoms with Gasteiger partial charge in [-0.3, -0.25) is 0 Å². The minimum Gasteiger partial charge on any atom is -0.0654 e. The first-order chi connectivity index (χ1) is 8.25. The molecule has 0 saturated heterocycles. The van der Waals surface area contributed by atoms with Crippen LogP contribution in [0.1, 0.15) is 75.8 Å². The van der Waals surface area contributed by atoms with Crippen molar-refractivity contribution in [2.24, 2.45) is 0 Å². The van der Waals surface area contributed by atoms with Crippen LogP contribution >= 0.6 is 0 Å². The van der Waals surface area contributed by atoms with Gasteiger partial charge in [-0.05, 0) is 30.4 Å². The third-order valence-corrected chi connectivity index (χ3v) is 3.71. The fourth-order valence-electron chi connectivity index (χ4n) is 2.53. The summed E-state index contributed by atoms with van der Waals surface area (Å²) in [7, 11) is 0. The second-order valence-electron chi connectivity index (χ2n) is 5.31. The van der Waals surface area contributed by atoms with Crippen molar-refractivity contribution in [2.45, 2.75) is 71.6 Å². The van der Waals surface area contributed by atoms with Gasteiger partial charge in [0, 0.05) is 0 Å². The molecule has 0 bridgehead atoms. The molecule has 1 atom stereocenters. The number of aryl methyl sites for hydroxylation is 1. The van der Waals surface area contributed by atoms with Crippen LogP contribution in [0.25, 0.3) is 0 Å². The second kappa shape index (κ2) is 8.33. The smallest absolute Gasteiger partial charge is 0.0188 e. The maximum atomic E-state index is 2.37. The molecular formula is C17H28. The first-order valence-corrected chi connectivity index (χ1v) is 7.31. The largest absolute Gasteiger partial charge is 0.0654 e. The minimum absolute atomic E-state index is 0.724. The first kappa shape index (κ1) is 14.3. The van der Waals surface area contributed by atoms with Crippen LogP contribution < -0.4 is 0 Å². The molecule has 0 heterocycles. The Balaban J connectivity index is 2.21. The van der Waals surface area contributed by atoms with E-state index >= 15 is 0 Å². The van der Waals surface area contributed by atoms with Gasteiger partial charge in [0.2, 0.25) is 0 Å². The summed E-state index contributed by atoms with van der Waals surface area (Å²) >= 11 is 0. The molecule has 0 nitrogen and oxygen atoms in total. The monoisotopic (exact) mass is 232 g/mol. The summed E-state index contributed by atoms with van der Waals surface area (Å²) in [6.45, 7) is 6.88. The number of unbranched alkanes of at least 4 members (excludes halogenated alkanes) is 5. The average Bonchev–Trinajstić information content (AvgIpc) is 2.34. The highest BCUT2D eigenvalue weighted by atomic mass is 14.1. The van der Waals surface area contributed by atoms with Crippen molar-refractivity contribution in [2.75, 3.05) is 0 Å². The Morgan fingerprint density at radius 3 is 2.29 bits per heavy atom. The normalized spacial score (nSPS) is 12.6. The van der Waals surface area contributed by atoms with E-state index in [0.717, 1.165) is 5.92 Å². The van der Waals surface area contributed by atoms with Crippen molar-refractivity contribution in [3.63, 3.8) is 0 Å². The van der Waals surface area contributed by atoms with Crippen molar-refractivity contribution in [3.8, 4) is 0 Å². The molecule has 1 aromatic rings. The molecule has 0 aromatic heterocycles. The predicted molar refractivity (Wildman–Crippen MR) is 77.6 cm³/mol. The molecule has 0 aliphatic carbocycles. The fraction of sp³-hybridized carbons (Fsp3) is 0.647. The summed E-state index contributed by atoms with van der Waals surface area (Å²) in [6, 6.07) is 8.82. The molecule has 0 aliphatic rings. The molecule has 0 heteroatoms. The van der Waals surface area contributed by atoms with E-state index in [-0.39, 0.29) is 0 Å². The van der Waals surface area contributed by atoms with Crippen molar-refractivity contribution in [1.29, 1.82) is 0 Å². The summed E-state index contributed by atoms with van der Waals surface area (Å²) in [5.74, 6) is 0.724. The second-order valence-corrected chi connectivity index (χ2v) is 5.31. The van der Waals surface area contributed by atoms with E-state index in [1.54, 1.807) is 5.56 Å². The molecule has 0 fully saturated rings. The molecule has 17 heavy (non-hydrogen) atoms. The van der Waals surface area contributed by atoms with Gasteiger partial charge in [-0.2, -0.15) is 0 Å². The van der Waals surface area contributed by atoms with E-state index in [1.807, 2.05) is 0 Å². The molecule has 0 aliphatic heterocycles. The summed E-state index contributed by atoms with van der Waals surface area (Å²) in [5, 5.41) is 0. The molecule has 96 valence electrons. The number of rotatable bonds is 8. The first-order valence-electron chi connectivity index (χ1n) is 7.31. The molecular weight excluding hydrogens is 204 g/mol. The predicted octanol–water partition coefficient (Wildman–Crippen LogP) is 5.85. The van der Waals surface area contributed by atoms with Crippen LogP contribution in [0, 0.1) is 6.92 Å². The Bertz CT molecular complexity index is 301. The van der Waals surface area contributed by atoms with Crippen LogP contribution in [-0.2, 0) is 0 Å². The Labute approximate surface area is 107 Å². The van der Waals surface area contributed by atoms with Crippen molar-refractivity contribution < 1.29 is 0 Å². The lowest BCUT2D eigenvalue weighted by molar-refractivity contribution is 0.556. The molecule has 0 N–H and O–H groups in total. The maximum absolute atomic E-state index is 2.37. The average molecular weight is 232 g/mol. The summed E-state index contributed by atoms with van der Waals surface area (Å²) in [5.41, 5.74) is 2.99. The third kappa shape index (κ3) is 5.39. The van der Waals surface area contributed by atoms with Crippen molar-refractivity contribution >= 4 is 0 Å². The summed E-state index contributed by atoms with van der Waals surface area (Å²) < 4.78 is 0. The standard InChI is InChI=1S/C17H28/c1-4-5-6-7-8-9-12-15(2)17-14-11-10-13-16(17)3/h10-11,13-15H,4-9,12H2,1-3H3. The van der Waals surface area contributed by atoms with E-state index in [2.05, 4.69) is 45.0 Å². The lowest BCUT2D eigenvalue weighted by Crippen LogP contribution is -1.96. The van der Waals surface area contributed by atoms with Gasteiger partial charge >= 0.3 is 0 Å². The van der Waals surface area contributed by atoms with Gasteiger partial charge in [-0.15, -0.1) is 0 Å². The molecule has 0 amide bonds. The zero-order chi connectivity index (χ0) is 12.5. The summed E-state index contributed by atoms with van der Waals surface area (Å²) in [6.07, 6.45) is 9.75. The van der Waals surface area contributed by atoms with E-state index in [4.69, 9.17) is 0 Å². The van der Waals surface area contributed by atoms with E-state index in [0.29, 0.717) is 0 Å². The Kier molecular flexibility index (Phi) is 7.00. The Morgan fingerprint density at radius 1 is 0.941 bits per heavy atom. The van der Waals surface area contributed by atoms with E-state index < -0.39 is 0 Å². The van der Waals surface area contributed by atoms with E-state index in [9.17, 15) is 0 Å². The van der Waals surface area contributed by atoms with Crippen LogP contribution in [0.2, 0.25) is 0 Å². The maximum Gasteiger partial charge on any atom is -0.0188 e. The number of benzene rings is 1. The molecule has 0 saturated carbocycles. The highest BCUT2D eigenvalue weighted by molar-refractivity contribution is 5.28. The quantitative estimate of drug-likeness (QED) is 0.493. The van der Waals surface area contributed by atoms with Crippen molar-refractivity contribution in [1.82, 2.24) is 0 Å². The van der Waals surface area contributed by atoms with Gasteiger partial charge in [-0.1, -0.05) is 76.6 Å². The number of hydrogen-bond acceptors (Lipinski definition) is 0. The van der Waals surface area contributed by atoms with Crippen LogP contribution in [-0.4, -0.2) is 0 Å². The van der Waals surface area contributed by atoms with Crippen LogP contribution in [0.4, 0.5) is 0 Å². The van der Waals surface area contributed by atoms with Gasteiger partial charge in [0.25, 0.3) is 0 Å². The molecule has 1 rings (SSSR count). The van der Waals surface area contributed by atoms with Crippen LogP contribution in [0.5, 0.6) is 0 Å². The van der Waals surface area contributed by atoms with Crippen LogP contribution in [0.15, 0.2) is 24.3 Å². The Hall–Kier alpha value is -0.780. The zero-order valence-electron chi connectivity index (χ0n) is 11.8. The fourth-order valence-corrected chi connectivity index (χ4v) is 2.53. The van der Waals surface area contributed by atoms with Crippen molar-refractivity contribution in [3.05, 3.63) is 35.4 Å². The van der Waals surface area contributed by atoms with Crippen LogP contribution in [0.3, 0.4) is 0 Å². The van der Waals surface area contributed by atoms with Gasteiger partial charge in [-0.25, -0.2) is 0 Å². The van der Waals surface area contributed by atoms with Gasteiger partial charge in [0.05, 0.1) is 0 Å². The molecule has 0 radical (unpaired) electrons.